The Labute approximate surface area is 74.8 Å². The molecule has 1 aliphatic heterocycles. The summed E-state index contributed by atoms with van der Waals surface area (Å²) in [6, 6.07) is 0. The lowest BCUT2D eigenvalue weighted by Crippen LogP contribution is -2.35. The largest absolute Gasteiger partial charge is 0.479 e. The van der Waals surface area contributed by atoms with Crippen molar-refractivity contribution in [3.63, 3.8) is 0 Å². The Morgan fingerprint density at radius 1 is 1.62 bits per heavy atom. The fraction of sp³-hybridized carbons (Fsp3) is 0.714. The SMILES string of the molecule is O=C(O)CONC(=O)[C@H]1CCCO1. The van der Waals surface area contributed by atoms with Gasteiger partial charge in [0.25, 0.3) is 5.91 Å². The molecule has 0 unspecified atom stereocenters. The van der Waals surface area contributed by atoms with E-state index >= 15 is 0 Å². The fourth-order valence-electron chi connectivity index (χ4n) is 1.02. The van der Waals surface area contributed by atoms with Crippen LogP contribution in [0.25, 0.3) is 0 Å². The number of carbonyl (C=O) groups is 2. The maximum absolute atomic E-state index is 11.1. The number of ether oxygens (including phenoxy) is 1. The summed E-state index contributed by atoms with van der Waals surface area (Å²) in [6.07, 6.45) is 1.01. The molecule has 0 aliphatic carbocycles. The third-order valence-electron chi connectivity index (χ3n) is 1.59. The van der Waals surface area contributed by atoms with Crippen molar-refractivity contribution in [3.05, 3.63) is 0 Å². The number of hydrogen-bond acceptors (Lipinski definition) is 4. The van der Waals surface area contributed by atoms with Crippen molar-refractivity contribution in [1.29, 1.82) is 0 Å². The van der Waals surface area contributed by atoms with Gasteiger partial charge in [0.05, 0.1) is 0 Å². The normalized spacial score (nSPS) is 21.4. The molecule has 1 rings (SSSR count). The van der Waals surface area contributed by atoms with E-state index in [9.17, 15) is 9.59 Å². The number of carboxylic acids is 1. The highest BCUT2D eigenvalue weighted by molar-refractivity contribution is 5.80. The molecule has 1 fully saturated rings. The van der Waals surface area contributed by atoms with Crippen LogP contribution >= 0.6 is 0 Å². The maximum Gasteiger partial charge on any atom is 0.332 e. The van der Waals surface area contributed by atoms with Gasteiger partial charge in [0.2, 0.25) is 0 Å². The van der Waals surface area contributed by atoms with Crippen molar-refractivity contribution in [2.24, 2.45) is 0 Å². The van der Waals surface area contributed by atoms with Gasteiger partial charge in [-0.3, -0.25) is 9.63 Å². The molecule has 1 saturated heterocycles. The number of aliphatic carboxylic acids is 1. The molecule has 6 nitrogen and oxygen atoms in total. The molecular weight excluding hydrogens is 178 g/mol. The van der Waals surface area contributed by atoms with Crippen molar-refractivity contribution >= 4 is 11.9 Å². The summed E-state index contributed by atoms with van der Waals surface area (Å²) in [5.41, 5.74) is 2.01. The van der Waals surface area contributed by atoms with Gasteiger partial charge in [0, 0.05) is 6.61 Å². The molecular formula is C7H11NO5. The van der Waals surface area contributed by atoms with E-state index < -0.39 is 24.6 Å². The highest BCUT2D eigenvalue weighted by atomic mass is 16.7. The first-order valence-corrected chi connectivity index (χ1v) is 3.95. The Morgan fingerprint density at radius 2 is 2.38 bits per heavy atom. The summed E-state index contributed by atoms with van der Waals surface area (Å²) < 4.78 is 5.03. The highest BCUT2D eigenvalue weighted by Gasteiger charge is 2.23. The highest BCUT2D eigenvalue weighted by Crippen LogP contribution is 2.11. The van der Waals surface area contributed by atoms with Crippen molar-refractivity contribution in [3.8, 4) is 0 Å². The standard InChI is InChI=1S/C7H11NO5/c9-6(10)4-13-8-7(11)5-2-1-3-12-5/h5H,1-4H2,(H,8,11)(H,9,10)/t5-/m1/s1. The van der Waals surface area contributed by atoms with Gasteiger partial charge in [-0.25, -0.2) is 10.3 Å². The van der Waals surface area contributed by atoms with Crippen molar-refractivity contribution in [2.45, 2.75) is 18.9 Å². The summed E-state index contributed by atoms with van der Waals surface area (Å²) >= 11 is 0. The zero-order valence-corrected chi connectivity index (χ0v) is 6.99. The number of amides is 1. The van der Waals surface area contributed by atoms with Crippen LogP contribution in [0.3, 0.4) is 0 Å². The van der Waals surface area contributed by atoms with Crippen molar-refractivity contribution < 1.29 is 24.3 Å². The van der Waals surface area contributed by atoms with Gasteiger partial charge < -0.3 is 9.84 Å². The second-order valence-electron chi connectivity index (χ2n) is 2.65. The van der Waals surface area contributed by atoms with Crippen LogP contribution in [0.4, 0.5) is 0 Å². The van der Waals surface area contributed by atoms with Crippen LogP contribution in [-0.2, 0) is 19.2 Å². The monoisotopic (exact) mass is 189 g/mol. The Bertz CT molecular complexity index is 199. The van der Waals surface area contributed by atoms with Crippen LogP contribution in [0.15, 0.2) is 0 Å². The van der Waals surface area contributed by atoms with Crippen LogP contribution in [0, 0.1) is 0 Å². The number of nitrogens with one attached hydrogen (secondary N) is 1. The van der Waals surface area contributed by atoms with E-state index in [0.717, 1.165) is 6.42 Å². The molecule has 0 spiro atoms. The topological polar surface area (TPSA) is 84.9 Å². The lowest BCUT2D eigenvalue weighted by molar-refractivity contribution is -0.152. The van der Waals surface area contributed by atoms with Gasteiger partial charge >= 0.3 is 5.97 Å². The van der Waals surface area contributed by atoms with Gasteiger partial charge in [0.15, 0.2) is 6.61 Å². The summed E-state index contributed by atoms with van der Waals surface area (Å²) in [5, 5.41) is 8.18. The zero-order chi connectivity index (χ0) is 9.68. The number of carbonyl (C=O) groups excluding carboxylic acids is 1. The smallest absolute Gasteiger partial charge is 0.332 e. The van der Waals surface area contributed by atoms with Crippen LogP contribution in [0.2, 0.25) is 0 Å². The second kappa shape index (κ2) is 4.78. The van der Waals surface area contributed by atoms with Gasteiger partial charge in [-0.2, -0.15) is 0 Å². The third-order valence-corrected chi connectivity index (χ3v) is 1.59. The summed E-state index contributed by atoms with van der Waals surface area (Å²) in [7, 11) is 0. The number of hydroxylamine groups is 1. The van der Waals surface area contributed by atoms with E-state index in [1.165, 1.54) is 0 Å². The minimum Gasteiger partial charge on any atom is -0.479 e. The van der Waals surface area contributed by atoms with Gasteiger partial charge in [-0.1, -0.05) is 0 Å². The maximum atomic E-state index is 11.1. The van der Waals surface area contributed by atoms with E-state index in [0.29, 0.717) is 13.0 Å². The molecule has 6 heteroatoms. The Kier molecular flexibility index (Phi) is 3.66. The van der Waals surface area contributed by atoms with E-state index in [1.807, 2.05) is 5.48 Å². The van der Waals surface area contributed by atoms with Crippen LogP contribution in [-0.4, -0.2) is 36.3 Å². The molecule has 0 aromatic carbocycles. The molecule has 1 aliphatic rings. The van der Waals surface area contributed by atoms with Crippen molar-refractivity contribution in [1.82, 2.24) is 5.48 Å². The molecule has 0 aromatic rings. The molecule has 0 aromatic heterocycles. The minimum absolute atomic E-state index is 0.418. The van der Waals surface area contributed by atoms with Gasteiger partial charge in [-0.05, 0) is 12.8 Å². The average molecular weight is 189 g/mol. The van der Waals surface area contributed by atoms with Crippen molar-refractivity contribution in [2.75, 3.05) is 13.2 Å². The average Bonchev–Trinajstić information content (AvgIpc) is 2.55. The molecule has 0 bridgehead atoms. The van der Waals surface area contributed by atoms with Crippen LogP contribution < -0.4 is 5.48 Å². The first-order valence-electron chi connectivity index (χ1n) is 3.95. The van der Waals surface area contributed by atoms with E-state index in [2.05, 4.69) is 4.84 Å². The minimum atomic E-state index is -1.13. The molecule has 0 radical (unpaired) electrons. The van der Waals surface area contributed by atoms with Gasteiger partial charge in [0.1, 0.15) is 6.10 Å². The molecule has 13 heavy (non-hydrogen) atoms. The lowest BCUT2D eigenvalue weighted by Gasteiger charge is -2.08. The van der Waals surface area contributed by atoms with E-state index in [1.54, 1.807) is 0 Å². The molecule has 1 amide bonds. The second-order valence-corrected chi connectivity index (χ2v) is 2.65. The van der Waals surface area contributed by atoms with E-state index in [-0.39, 0.29) is 0 Å². The summed E-state index contributed by atoms with van der Waals surface area (Å²) in [6.45, 7) is 0.0233. The molecule has 0 saturated carbocycles. The number of hydrogen-bond donors (Lipinski definition) is 2. The first-order chi connectivity index (χ1) is 6.20. The molecule has 74 valence electrons. The Balaban J connectivity index is 2.13. The van der Waals surface area contributed by atoms with Gasteiger partial charge in [-0.15, -0.1) is 0 Å². The predicted molar refractivity (Wildman–Crippen MR) is 40.7 cm³/mol. The number of rotatable bonds is 4. The lowest BCUT2D eigenvalue weighted by atomic mass is 10.2. The fourth-order valence-corrected chi connectivity index (χ4v) is 1.02. The third kappa shape index (κ3) is 3.39. The molecule has 2 N–H and O–H groups in total. The number of carboxylic acid groups (broad SMARTS) is 1. The van der Waals surface area contributed by atoms with Crippen LogP contribution in [0.5, 0.6) is 0 Å². The molecule has 1 heterocycles. The Hall–Kier alpha value is -1.14. The van der Waals surface area contributed by atoms with Crippen LogP contribution in [0.1, 0.15) is 12.8 Å². The summed E-state index contributed by atoms with van der Waals surface area (Å²) in [4.78, 5) is 25.5. The molecule has 1 atom stereocenters. The quantitative estimate of drug-likeness (QED) is 0.571. The predicted octanol–water partition coefficient (Wildman–Crippen LogP) is -0.702. The van der Waals surface area contributed by atoms with E-state index in [4.69, 9.17) is 9.84 Å². The summed E-state index contributed by atoms with van der Waals surface area (Å²) in [5.74, 6) is -1.55. The first kappa shape index (κ1) is 9.94. The zero-order valence-electron chi connectivity index (χ0n) is 6.99. The Morgan fingerprint density at radius 3 is 2.92 bits per heavy atom.